The molecule has 0 bridgehead atoms. The van der Waals surface area contributed by atoms with Crippen LogP contribution in [0.1, 0.15) is 16.7 Å². The first kappa shape index (κ1) is 24.9. The molecule has 1 atom stereocenters. The second-order valence-electron chi connectivity index (χ2n) is 8.10. The number of carbonyl (C=O) groups is 2. The Bertz CT molecular complexity index is 1380. The summed E-state index contributed by atoms with van der Waals surface area (Å²) in [5.41, 5.74) is 3.86. The third-order valence-corrected chi connectivity index (χ3v) is 7.56. The number of carbonyl (C=O) groups excluding carboxylic acids is 2. The van der Waals surface area contributed by atoms with Crippen molar-refractivity contribution >= 4 is 58.2 Å². The Morgan fingerprint density at radius 1 is 1.06 bits per heavy atom. The number of rotatable bonds is 5. The maximum absolute atomic E-state index is 13.7. The van der Waals surface area contributed by atoms with E-state index in [0.717, 1.165) is 16.7 Å². The van der Waals surface area contributed by atoms with Crippen LogP contribution in [0.2, 0.25) is 10.0 Å². The van der Waals surface area contributed by atoms with Crippen LogP contribution < -0.4 is 10.2 Å². The van der Waals surface area contributed by atoms with Crippen LogP contribution >= 0.6 is 35.0 Å². The van der Waals surface area contributed by atoms with Crippen LogP contribution in [-0.2, 0) is 16.0 Å². The third-order valence-electron chi connectivity index (χ3n) is 5.71. The van der Waals surface area contributed by atoms with Gasteiger partial charge < -0.3 is 5.32 Å². The van der Waals surface area contributed by atoms with E-state index in [0.29, 0.717) is 32.9 Å². The molecule has 0 saturated carbocycles. The Hall–Kier alpha value is -3.24. The molecule has 1 saturated heterocycles. The molecule has 0 aromatic heterocycles. The summed E-state index contributed by atoms with van der Waals surface area (Å²) in [6.45, 7) is 3.93. The second-order valence-corrected chi connectivity index (χ2v) is 10.1. The molecule has 4 rings (SSSR count). The highest BCUT2D eigenvalue weighted by Crippen LogP contribution is 2.43. The maximum atomic E-state index is 13.7. The first-order valence-electron chi connectivity index (χ1n) is 10.8. The number of hydrogen-bond donors (Lipinski definition) is 1. The zero-order chi connectivity index (χ0) is 25.1. The lowest BCUT2D eigenvalue weighted by atomic mass is 10.1. The molecule has 5 nitrogen and oxygen atoms in total. The minimum absolute atomic E-state index is 0.130. The number of nitrogens with one attached hydrogen (secondary N) is 1. The van der Waals surface area contributed by atoms with Crippen molar-refractivity contribution in [3.63, 3.8) is 0 Å². The minimum Gasteiger partial charge on any atom is -0.321 e. The highest BCUT2D eigenvalue weighted by molar-refractivity contribution is 8.05. The van der Waals surface area contributed by atoms with Crippen LogP contribution in [0.5, 0.6) is 0 Å². The van der Waals surface area contributed by atoms with Gasteiger partial charge in [0.2, 0.25) is 5.91 Å². The van der Waals surface area contributed by atoms with E-state index in [1.165, 1.54) is 16.7 Å². The number of thioether (sulfide) groups is 1. The molecular formula is C27H21Cl2N3O2S. The molecule has 1 aliphatic heterocycles. The van der Waals surface area contributed by atoms with Crippen molar-refractivity contribution < 1.29 is 9.59 Å². The topological polar surface area (TPSA) is 73.2 Å². The van der Waals surface area contributed by atoms with Gasteiger partial charge >= 0.3 is 0 Å². The van der Waals surface area contributed by atoms with Gasteiger partial charge in [0.15, 0.2) is 0 Å². The second kappa shape index (κ2) is 10.6. The molecule has 2 amide bonds. The van der Waals surface area contributed by atoms with Gasteiger partial charge in [0.1, 0.15) is 16.7 Å². The predicted molar refractivity (Wildman–Crippen MR) is 143 cm³/mol. The predicted octanol–water partition coefficient (Wildman–Crippen LogP) is 6.68. The van der Waals surface area contributed by atoms with E-state index in [-0.39, 0.29) is 11.5 Å². The van der Waals surface area contributed by atoms with Crippen LogP contribution in [0.4, 0.5) is 11.4 Å². The molecule has 0 aliphatic carbocycles. The van der Waals surface area contributed by atoms with Gasteiger partial charge in [-0.05, 0) is 73.4 Å². The lowest BCUT2D eigenvalue weighted by Crippen LogP contribution is -2.31. The molecule has 8 heteroatoms. The minimum atomic E-state index is -0.576. The van der Waals surface area contributed by atoms with Gasteiger partial charge in [0.25, 0.3) is 5.91 Å². The summed E-state index contributed by atoms with van der Waals surface area (Å²) >= 11 is 13.6. The normalized spacial score (nSPS) is 16.7. The largest absolute Gasteiger partial charge is 0.321 e. The third kappa shape index (κ3) is 5.38. The van der Waals surface area contributed by atoms with Crippen molar-refractivity contribution in [3.05, 3.63) is 104 Å². The summed E-state index contributed by atoms with van der Waals surface area (Å²) in [5.74, 6) is -0.799. The molecule has 3 aromatic rings. The van der Waals surface area contributed by atoms with Gasteiger partial charge in [0.05, 0.1) is 5.25 Å². The smallest absolute Gasteiger partial charge is 0.269 e. The number of anilines is 2. The number of halogens is 2. The van der Waals surface area contributed by atoms with Gasteiger partial charge in [-0.15, -0.1) is 0 Å². The van der Waals surface area contributed by atoms with E-state index in [1.54, 1.807) is 42.5 Å². The summed E-state index contributed by atoms with van der Waals surface area (Å²) in [7, 11) is 0. The Morgan fingerprint density at radius 2 is 1.80 bits per heavy atom. The van der Waals surface area contributed by atoms with Gasteiger partial charge in [-0.3, -0.25) is 14.5 Å². The molecule has 1 aliphatic rings. The van der Waals surface area contributed by atoms with Crippen molar-refractivity contribution in [2.45, 2.75) is 25.5 Å². The quantitative estimate of drug-likeness (QED) is 0.300. The van der Waals surface area contributed by atoms with Gasteiger partial charge in [-0.25, -0.2) is 0 Å². The highest BCUT2D eigenvalue weighted by Gasteiger charge is 2.41. The SMILES string of the molecule is Cc1ccc(N2C(=O)C(Cc3ccc(Cl)cc3Cl)S/C2=C(/C#N)C(=O)Nc2ccccc2)cc1C. The summed E-state index contributed by atoms with van der Waals surface area (Å²) in [4.78, 5) is 28.2. The van der Waals surface area contributed by atoms with E-state index in [4.69, 9.17) is 23.2 Å². The van der Waals surface area contributed by atoms with Crippen molar-refractivity contribution in [3.8, 4) is 6.07 Å². The van der Waals surface area contributed by atoms with E-state index in [9.17, 15) is 14.9 Å². The average molecular weight is 522 g/mol. The number of benzene rings is 3. The fourth-order valence-corrected chi connectivity index (χ4v) is 5.47. The number of nitriles is 1. The number of para-hydroxylation sites is 1. The van der Waals surface area contributed by atoms with Crippen molar-refractivity contribution in [2.75, 3.05) is 10.2 Å². The molecule has 1 N–H and O–H groups in total. The summed E-state index contributed by atoms with van der Waals surface area (Å²) in [5, 5.41) is 13.4. The monoisotopic (exact) mass is 521 g/mol. The highest BCUT2D eigenvalue weighted by atomic mass is 35.5. The summed E-state index contributed by atoms with van der Waals surface area (Å²) in [6, 6.07) is 21.7. The first-order chi connectivity index (χ1) is 16.8. The first-order valence-corrected chi connectivity index (χ1v) is 12.4. The van der Waals surface area contributed by atoms with Crippen LogP contribution in [0, 0.1) is 25.2 Å². The van der Waals surface area contributed by atoms with Crippen molar-refractivity contribution in [1.29, 1.82) is 5.26 Å². The molecule has 3 aromatic carbocycles. The Labute approximate surface area is 218 Å². The standard InChI is InChI=1S/C27H21Cl2N3O2S/c1-16-8-11-21(12-17(16)2)32-26(34)24(13-18-9-10-19(28)14-23(18)29)35-27(32)22(15-30)25(33)31-20-6-4-3-5-7-20/h3-12,14,24H,13H2,1-2H3,(H,31,33)/b27-22-. The molecule has 176 valence electrons. The van der Waals surface area contributed by atoms with E-state index < -0.39 is 11.2 Å². The average Bonchev–Trinajstić information content (AvgIpc) is 3.14. The molecule has 0 radical (unpaired) electrons. The summed E-state index contributed by atoms with van der Waals surface area (Å²) < 4.78 is 0. The fourth-order valence-electron chi connectivity index (χ4n) is 3.69. The van der Waals surface area contributed by atoms with Crippen LogP contribution in [0.15, 0.2) is 77.3 Å². The molecule has 1 unspecified atom stereocenters. The lowest BCUT2D eigenvalue weighted by molar-refractivity contribution is -0.117. The number of nitrogens with zero attached hydrogens (tertiary/aromatic N) is 2. The number of amides is 2. The van der Waals surface area contributed by atoms with E-state index >= 15 is 0 Å². The van der Waals surface area contributed by atoms with E-state index in [2.05, 4.69) is 5.32 Å². The van der Waals surface area contributed by atoms with Gasteiger partial charge in [-0.1, -0.05) is 65.3 Å². The van der Waals surface area contributed by atoms with Crippen LogP contribution in [-0.4, -0.2) is 17.1 Å². The Kier molecular flexibility index (Phi) is 7.51. The zero-order valence-electron chi connectivity index (χ0n) is 19.0. The maximum Gasteiger partial charge on any atom is 0.269 e. The zero-order valence-corrected chi connectivity index (χ0v) is 21.3. The Balaban J connectivity index is 1.76. The molecule has 0 spiro atoms. The Morgan fingerprint density at radius 3 is 2.46 bits per heavy atom. The molecule has 1 heterocycles. The van der Waals surface area contributed by atoms with Gasteiger partial charge in [-0.2, -0.15) is 5.26 Å². The number of aryl methyl sites for hydroxylation is 2. The van der Waals surface area contributed by atoms with Crippen molar-refractivity contribution in [1.82, 2.24) is 0 Å². The summed E-state index contributed by atoms with van der Waals surface area (Å²) in [6.07, 6.45) is 0.323. The van der Waals surface area contributed by atoms with Crippen LogP contribution in [0.3, 0.4) is 0 Å². The lowest BCUT2D eigenvalue weighted by Gasteiger charge is -2.20. The fraction of sp³-hybridized carbons (Fsp3) is 0.148. The molecule has 1 fully saturated rings. The van der Waals surface area contributed by atoms with Crippen LogP contribution in [0.25, 0.3) is 0 Å². The van der Waals surface area contributed by atoms with E-state index in [1.807, 2.05) is 44.2 Å². The molecular weight excluding hydrogens is 501 g/mol. The number of hydrogen-bond acceptors (Lipinski definition) is 4. The van der Waals surface area contributed by atoms with Gasteiger partial charge in [0, 0.05) is 21.4 Å². The van der Waals surface area contributed by atoms with Crippen molar-refractivity contribution in [2.24, 2.45) is 0 Å². The molecule has 35 heavy (non-hydrogen) atoms.